The van der Waals surface area contributed by atoms with E-state index in [1.54, 1.807) is 49.7 Å². The fourth-order valence-corrected chi connectivity index (χ4v) is 3.29. The molecule has 1 heterocycles. The van der Waals surface area contributed by atoms with Crippen LogP contribution in [0.2, 0.25) is 0 Å². The Morgan fingerprint density at radius 1 is 1.06 bits per heavy atom. The average molecular weight is 422 g/mol. The summed E-state index contributed by atoms with van der Waals surface area (Å²) in [5.41, 5.74) is 2.02. The smallest absolute Gasteiger partial charge is 0.333 e. The van der Waals surface area contributed by atoms with Gasteiger partial charge in [0.25, 0.3) is 5.56 Å². The molecule has 0 aliphatic heterocycles. The van der Waals surface area contributed by atoms with Crippen LogP contribution in [-0.2, 0) is 0 Å². The first-order valence-corrected chi connectivity index (χ1v) is 9.72. The molecule has 0 atom stereocenters. The quantitative estimate of drug-likeness (QED) is 0.495. The fraction of sp³-hybridized carbons (Fsp3) is 0.0400. The molecule has 0 saturated carbocycles. The maximum absolute atomic E-state index is 12.9. The number of benzene rings is 3. The third-order valence-corrected chi connectivity index (χ3v) is 4.91. The van der Waals surface area contributed by atoms with Crippen LogP contribution < -0.4 is 16.0 Å². The zero-order valence-electron chi connectivity index (χ0n) is 17.1. The second-order valence-electron chi connectivity index (χ2n) is 6.88. The Balaban J connectivity index is 1.73. The maximum Gasteiger partial charge on any atom is 0.333 e. The van der Waals surface area contributed by atoms with Crippen LogP contribution >= 0.6 is 0 Å². The molecule has 0 amide bonds. The summed E-state index contributed by atoms with van der Waals surface area (Å²) in [5.74, 6) is 0.601. The molecule has 0 aliphatic carbocycles. The molecular formula is C25H18N4O3. The zero-order chi connectivity index (χ0) is 22.5. The molecule has 32 heavy (non-hydrogen) atoms. The van der Waals surface area contributed by atoms with Crippen molar-refractivity contribution >= 4 is 23.3 Å². The highest BCUT2D eigenvalue weighted by Gasteiger charge is 2.11. The van der Waals surface area contributed by atoms with E-state index >= 15 is 0 Å². The van der Waals surface area contributed by atoms with Crippen molar-refractivity contribution in [3.8, 4) is 22.9 Å². The lowest BCUT2D eigenvalue weighted by Gasteiger charge is -2.09. The van der Waals surface area contributed by atoms with Crippen molar-refractivity contribution in [1.82, 2.24) is 9.55 Å². The number of aliphatic imine (C=N–C) groups is 1. The number of aromatic nitrogens is 2. The molecule has 4 rings (SSSR count). The molecule has 3 aromatic carbocycles. The summed E-state index contributed by atoms with van der Waals surface area (Å²) >= 11 is 0. The van der Waals surface area contributed by atoms with Crippen LogP contribution in [0.3, 0.4) is 0 Å². The standard InChI is InChI=1S/C25H18N4O3/c1-32-20-9-7-19(15-26)22(14-20)18-8-10-21-23(13-18)28-25(31)29(24(21)30)12-11-27-16-17-5-3-2-4-6-17/h2-14,16H,1H3,(H,28,31)/b12-11+,27-16?. The number of hydrogen-bond donors (Lipinski definition) is 1. The van der Waals surface area contributed by atoms with E-state index in [2.05, 4.69) is 16.0 Å². The minimum Gasteiger partial charge on any atom is -0.497 e. The molecule has 0 bridgehead atoms. The highest BCUT2D eigenvalue weighted by atomic mass is 16.5. The molecule has 4 aromatic rings. The van der Waals surface area contributed by atoms with Gasteiger partial charge in [-0.2, -0.15) is 5.26 Å². The minimum atomic E-state index is -0.586. The average Bonchev–Trinajstić information content (AvgIpc) is 2.83. The van der Waals surface area contributed by atoms with Gasteiger partial charge in [0.15, 0.2) is 0 Å². The number of hydrogen-bond acceptors (Lipinski definition) is 5. The number of methoxy groups -OCH3 is 1. The Morgan fingerprint density at radius 2 is 1.88 bits per heavy atom. The summed E-state index contributed by atoms with van der Waals surface area (Å²) < 4.78 is 6.22. The van der Waals surface area contributed by atoms with Gasteiger partial charge in [-0.25, -0.2) is 9.36 Å². The number of ether oxygens (including phenoxy) is 1. The monoisotopic (exact) mass is 422 g/mol. The molecule has 156 valence electrons. The predicted octanol–water partition coefficient (Wildman–Crippen LogP) is 3.78. The van der Waals surface area contributed by atoms with Gasteiger partial charge in [-0.3, -0.25) is 9.79 Å². The molecule has 0 unspecified atom stereocenters. The van der Waals surface area contributed by atoms with Crippen molar-refractivity contribution in [3.63, 3.8) is 0 Å². The Morgan fingerprint density at radius 3 is 2.62 bits per heavy atom. The lowest BCUT2D eigenvalue weighted by molar-refractivity contribution is 0.415. The third-order valence-electron chi connectivity index (χ3n) is 4.91. The largest absolute Gasteiger partial charge is 0.497 e. The van der Waals surface area contributed by atoms with Crippen LogP contribution in [0.5, 0.6) is 5.75 Å². The highest BCUT2D eigenvalue weighted by molar-refractivity contribution is 5.85. The number of fused-ring (bicyclic) bond motifs is 1. The van der Waals surface area contributed by atoms with Gasteiger partial charge in [-0.1, -0.05) is 36.4 Å². The number of nitrogens with zero attached hydrogens (tertiary/aromatic N) is 3. The second-order valence-corrected chi connectivity index (χ2v) is 6.88. The van der Waals surface area contributed by atoms with Crippen molar-refractivity contribution in [2.75, 3.05) is 7.11 Å². The summed E-state index contributed by atoms with van der Waals surface area (Å²) in [4.78, 5) is 32.2. The lowest BCUT2D eigenvalue weighted by Crippen LogP contribution is -2.31. The van der Waals surface area contributed by atoms with Gasteiger partial charge in [0.05, 0.1) is 29.6 Å². The van der Waals surface area contributed by atoms with Crippen molar-refractivity contribution in [2.45, 2.75) is 0 Å². The van der Waals surface area contributed by atoms with Crippen molar-refractivity contribution in [3.05, 3.63) is 105 Å². The molecule has 0 radical (unpaired) electrons. The van der Waals surface area contributed by atoms with Crippen molar-refractivity contribution < 1.29 is 4.74 Å². The molecule has 0 spiro atoms. The number of aromatic amines is 1. The second kappa shape index (κ2) is 8.98. The first kappa shape index (κ1) is 20.6. The molecule has 7 nitrogen and oxygen atoms in total. The number of nitriles is 1. The Kier molecular flexibility index (Phi) is 5.77. The van der Waals surface area contributed by atoms with E-state index in [9.17, 15) is 14.9 Å². The Labute approximate surface area is 183 Å². The summed E-state index contributed by atoms with van der Waals surface area (Å²) in [7, 11) is 1.54. The summed E-state index contributed by atoms with van der Waals surface area (Å²) in [6, 6.07) is 21.8. The lowest BCUT2D eigenvalue weighted by atomic mass is 9.99. The molecular weight excluding hydrogens is 404 g/mol. The highest BCUT2D eigenvalue weighted by Crippen LogP contribution is 2.29. The zero-order valence-corrected chi connectivity index (χ0v) is 17.1. The van der Waals surface area contributed by atoms with Gasteiger partial charge < -0.3 is 9.72 Å². The number of H-pyrrole nitrogens is 1. The maximum atomic E-state index is 12.9. The summed E-state index contributed by atoms with van der Waals surface area (Å²) in [5, 5.41) is 9.78. The summed E-state index contributed by atoms with van der Waals surface area (Å²) in [6.45, 7) is 0. The van der Waals surface area contributed by atoms with Gasteiger partial charge in [-0.05, 0) is 41.5 Å². The van der Waals surface area contributed by atoms with E-state index in [1.807, 2.05) is 30.3 Å². The van der Waals surface area contributed by atoms with Crippen molar-refractivity contribution in [2.24, 2.45) is 4.99 Å². The third kappa shape index (κ3) is 4.11. The number of rotatable bonds is 5. The normalized spacial score (nSPS) is 11.2. The van der Waals surface area contributed by atoms with Gasteiger partial charge in [0.1, 0.15) is 5.75 Å². The molecule has 7 heteroatoms. The van der Waals surface area contributed by atoms with Crippen LogP contribution in [0.15, 0.2) is 87.5 Å². The first-order chi connectivity index (χ1) is 15.6. The fourth-order valence-electron chi connectivity index (χ4n) is 3.29. The topological polar surface area (TPSA) is 100 Å². The SMILES string of the molecule is COc1ccc(C#N)c(-c2ccc3c(=O)n(/C=C/N=Cc4ccccc4)c(=O)[nH]c3c2)c1. The van der Waals surface area contributed by atoms with Gasteiger partial charge in [0, 0.05) is 24.2 Å². The van der Waals surface area contributed by atoms with Gasteiger partial charge in [0.2, 0.25) is 0 Å². The van der Waals surface area contributed by atoms with Crippen molar-refractivity contribution in [1.29, 1.82) is 5.26 Å². The summed E-state index contributed by atoms with van der Waals surface area (Å²) in [6.07, 6.45) is 4.34. The van der Waals surface area contributed by atoms with E-state index in [0.29, 0.717) is 33.3 Å². The first-order valence-electron chi connectivity index (χ1n) is 9.72. The van der Waals surface area contributed by atoms with Crippen LogP contribution in [0.25, 0.3) is 28.2 Å². The number of nitrogens with one attached hydrogen (secondary N) is 1. The van der Waals surface area contributed by atoms with E-state index in [0.717, 1.165) is 10.1 Å². The molecule has 0 saturated heterocycles. The van der Waals surface area contributed by atoms with Gasteiger partial charge in [-0.15, -0.1) is 0 Å². The van der Waals surface area contributed by atoms with Gasteiger partial charge >= 0.3 is 5.69 Å². The van der Waals surface area contributed by atoms with E-state index in [-0.39, 0.29) is 0 Å². The van der Waals surface area contributed by atoms with Crippen LogP contribution in [-0.4, -0.2) is 22.9 Å². The Hall–Kier alpha value is -4.70. The molecule has 0 aliphatic rings. The van der Waals surface area contributed by atoms with Crippen LogP contribution in [0.4, 0.5) is 0 Å². The molecule has 1 N–H and O–H groups in total. The van der Waals surface area contributed by atoms with E-state index in [4.69, 9.17) is 4.74 Å². The van der Waals surface area contributed by atoms with E-state index in [1.165, 1.54) is 12.4 Å². The minimum absolute atomic E-state index is 0.339. The molecule has 1 aromatic heterocycles. The Bertz CT molecular complexity index is 1510. The predicted molar refractivity (Wildman–Crippen MR) is 125 cm³/mol. The molecule has 0 fully saturated rings. The van der Waals surface area contributed by atoms with Crippen LogP contribution in [0, 0.1) is 11.3 Å². The van der Waals surface area contributed by atoms with E-state index < -0.39 is 11.2 Å². The van der Waals surface area contributed by atoms with Crippen LogP contribution in [0.1, 0.15) is 11.1 Å².